The molecule has 1 aliphatic carbocycles. The molecular weight excluding hydrogens is 236 g/mol. The van der Waals surface area contributed by atoms with Crippen LogP contribution in [0.25, 0.3) is 10.9 Å². The Morgan fingerprint density at radius 3 is 3.26 bits per heavy atom. The van der Waals surface area contributed by atoms with Crippen LogP contribution in [0.2, 0.25) is 0 Å². The maximum atomic E-state index is 5.27. The zero-order chi connectivity index (χ0) is 12.8. The number of hydrogen-bond acceptors (Lipinski definition) is 2. The van der Waals surface area contributed by atoms with Gasteiger partial charge in [-0.2, -0.15) is 0 Å². The molecule has 0 fully saturated rings. The molecule has 0 spiro atoms. The summed E-state index contributed by atoms with van der Waals surface area (Å²) in [5.74, 6) is 0. The molecule has 100 valence electrons. The molecular formula is C16H20N2O. The normalized spacial score (nSPS) is 21.6. The third-order valence-electron chi connectivity index (χ3n) is 4.56. The van der Waals surface area contributed by atoms with Crippen LogP contribution >= 0.6 is 0 Å². The van der Waals surface area contributed by atoms with Crippen LogP contribution in [0.1, 0.15) is 35.7 Å². The first-order chi connectivity index (χ1) is 9.38. The minimum absolute atomic E-state index is 0.579. The summed E-state index contributed by atoms with van der Waals surface area (Å²) in [6.07, 6.45) is 3.82. The Bertz CT molecular complexity index is 627. The van der Waals surface area contributed by atoms with Gasteiger partial charge in [-0.1, -0.05) is 6.07 Å². The number of fused-ring (bicyclic) bond motifs is 3. The van der Waals surface area contributed by atoms with Crippen molar-refractivity contribution in [3.05, 3.63) is 35.0 Å². The first-order valence-corrected chi connectivity index (χ1v) is 7.24. The van der Waals surface area contributed by atoms with Crippen LogP contribution in [0, 0.1) is 0 Å². The number of hydrogen-bond donors (Lipinski definition) is 1. The highest BCUT2D eigenvalue weighted by molar-refractivity contribution is 5.87. The number of rotatable bonds is 2. The summed E-state index contributed by atoms with van der Waals surface area (Å²) in [4.78, 5) is 0. The third kappa shape index (κ3) is 1.65. The van der Waals surface area contributed by atoms with E-state index in [1.807, 2.05) is 0 Å². The van der Waals surface area contributed by atoms with Crippen LogP contribution in [0.4, 0.5) is 0 Å². The van der Waals surface area contributed by atoms with E-state index in [-0.39, 0.29) is 0 Å². The van der Waals surface area contributed by atoms with Gasteiger partial charge in [0.05, 0.1) is 6.61 Å². The van der Waals surface area contributed by atoms with Crippen molar-refractivity contribution in [1.29, 1.82) is 0 Å². The molecule has 2 aromatic rings. The van der Waals surface area contributed by atoms with Gasteiger partial charge in [0.1, 0.15) is 0 Å². The zero-order valence-corrected chi connectivity index (χ0v) is 11.4. The van der Waals surface area contributed by atoms with Crippen LogP contribution in [0.15, 0.2) is 18.2 Å². The average molecular weight is 256 g/mol. The lowest BCUT2D eigenvalue weighted by Crippen LogP contribution is -2.35. The Morgan fingerprint density at radius 1 is 1.42 bits per heavy atom. The van der Waals surface area contributed by atoms with Gasteiger partial charge in [0.2, 0.25) is 0 Å². The molecule has 1 aromatic carbocycles. The first-order valence-electron chi connectivity index (χ1n) is 7.24. The summed E-state index contributed by atoms with van der Waals surface area (Å²) in [6, 6.07) is 7.40. The topological polar surface area (TPSA) is 26.2 Å². The van der Waals surface area contributed by atoms with Crippen LogP contribution in [0.5, 0.6) is 0 Å². The molecule has 0 bridgehead atoms. The zero-order valence-electron chi connectivity index (χ0n) is 11.4. The number of aromatic nitrogens is 1. The van der Waals surface area contributed by atoms with Gasteiger partial charge in [0.15, 0.2) is 0 Å². The molecule has 1 aromatic heterocycles. The SMILES string of the molecule is COCc1ccc2c(c1)c1c3n2CCNC3CCC1. The molecule has 1 atom stereocenters. The van der Waals surface area contributed by atoms with E-state index >= 15 is 0 Å². The second-order valence-corrected chi connectivity index (χ2v) is 5.70. The summed E-state index contributed by atoms with van der Waals surface area (Å²) < 4.78 is 7.81. The summed E-state index contributed by atoms with van der Waals surface area (Å²) in [7, 11) is 1.76. The molecule has 3 nitrogen and oxygen atoms in total. The van der Waals surface area contributed by atoms with E-state index in [9.17, 15) is 0 Å². The van der Waals surface area contributed by atoms with E-state index in [1.165, 1.54) is 35.7 Å². The lowest BCUT2D eigenvalue weighted by molar-refractivity contribution is 0.185. The van der Waals surface area contributed by atoms with E-state index in [2.05, 4.69) is 28.1 Å². The molecule has 4 rings (SSSR count). The number of nitrogens with one attached hydrogen (secondary N) is 1. The number of aryl methyl sites for hydroxylation is 1. The molecule has 0 radical (unpaired) electrons. The highest BCUT2D eigenvalue weighted by atomic mass is 16.5. The van der Waals surface area contributed by atoms with Gasteiger partial charge in [0, 0.05) is 42.8 Å². The van der Waals surface area contributed by atoms with E-state index in [0.29, 0.717) is 12.6 Å². The van der Waals surface area contributed by atoms with E-state index in [4.69, 9.17) is 4.74 Å². The van der Waals surface area contributed by atoms with Crippen molar-refractivity contribution in [2.24, 2.45) is 0 Å². The maximum absolute atomic E-state index is 5.27. The first kappa shape index (κ1) is 11.5. The largest absolute Gasteiger partial charge is 0.380 e. The van der Waals surface area contributed by atoms with Crippen molar-refractivity contribution < 1.29 is 4.74 Å². The molecule has 2 heterocycles. The highest BCUT2D eigenvalue weighted by Gasteiger charge is 2.29. The monoisotopic (exact) mass is 256 g/mol. The van der Waals surface area contributed by atoms with Gasteiger partial charge in [-0.25, -0.2) is 0 Å². The van der Waals surface area contributed by atoms with Crippen molar-refractivity contribution in [3.8, 4) is 0 Å². The van der Waals surface area contributed by atoms with Crippen molar-refractivity contribution in [1.82, 2.24) is 9.88 Å². The van der Waals surface area contributed by atoms with Crippen LogP contribution in [-0.4, -0.2) is 18.2 Å². The summed E-state index contributed by atoms with van der Waals surface area (Å²) in [5, 5.41) is 5.13. The fraction of sp³-hybridized carbons (Fsp3) is 0.500. The Hall–Kier alpha value is -1.32. The van der Waals surface area contributed by atoms with E-state index in [0.717, 1.165) is 13.1 Å². The summed E-state index contributed by atoms with van der Waals surface area (Å²) in [6.45, 7) is 2.91. The maximum Gasteiger partial charge on any atom is 0.0713 e. The quantitative estimate of drug-likeness (QED) is 0.894. The Labute approximate surface area is 113 Å². The molecule has 0 saturated heterocycles. The predicted octanol–water partition coefficient (Wildman–Crippen LogP) is 2.77. The van der Waals surface area contributed by atoms with Crippen LogP contribution in [0.3, 0.4) is 0 Å². The lowest BCUT2D eigenvalue weighted by Gasteiger charge is -2.31. The summed E-state index contributed by atoms with van der Waals surface area (Å²) >= 11 is 0. The second kappa shape index (κ2) is 4.36. The Kier molecular flexibility index (Phi) is 2.64. The van der Waals surface area contributed by atoms with Gasteiger partial charge in [-0.15, -0.1) is 0 Å². The van der Waals surface area contributed by atoms with Gasteiger partial charge in [-0.3, -0.25) is 0 Å². The number of nitrogens with zero attached hydrogens (tertiary/aromatic N) is 1. The number of ether oxygens (including phenoxy) is 1. The lowest BCUT2D eigenvalue weighted by atomic mass is 9.90. The predicted molar refractivity (Wildman–Crippen MR) is 76.3 cm³/mol. The standard InChI is InChI=1S/C16H20N2O/c1-19-10-11-5-6-15-13(9-11)12-3-2-4-14-16(12)18(15)8-7-17-14/h5-6,9,14,17H,2-4,7-8,10H2,1H3. The molecule has 1 aliphatic heterocycles. The highest BCUT2D eigenvalue weighted by Crippen LogP contribution is 2.39. The molecule has 1 N–H and O–H groups in total. The summed E-state index contributed by atoms with van der Waals surface area (Å²) in [5.41, 5.74) is 5.83. The Morgan fingerprint density at radius 2 is 2.37 bits per heavy atom. The Balaban J connectivity index is 1.96. The molecule has 1 unspecified atom stereocenters. The molecule has 19 heavy (non-hydrogen) atoms. The minimum atomic E-state index is 0.579. The van der Waals surface area contributed by atoms with E-state index in [1.54, 1.807) is 18.4 Å². The fourth-order valence-electron chi connectivity index (χ4n) is 3.82. The van der Waals surface area contributed by atoms with Crippen molar-refractivity contribution >= 4 is 10.9 Å². The average Bonchev–Trinajstić information content (AvgIpc) is 2.77. The van der Waals surface area contributed by atoms with Crippen molar-refractivity contribution in [2.45, 2.75) is 38.5 Å². The van der Waals surface area contributed by atoms with Gasteiger partial charge in [0.25, 0.3) is 0 Å². The van der Waals surface area contributed by atoms with Crippen molar-refractivity contribution in [2.75, 3.05) is 13.7 Å². The molecule has 0 saturated carbocycles. The fourth-order valence-corrected chi connectivity index (χ4v) is 3.82. The second-order valence-electron chi connectivity index (χ2n) is 5.70. The minimum Gasteiger partial charge on any atom is -0.380 e. The smallest absolute Gasteiger partial charge is 0.0713 e. The van der Waals surface area contributed by atoms with Crippen LogP contribution in [-0.2, 0) is 24.3 Å². The number of methoxy groups -OCH3 is 1. The number of benzene rings is 1. The van der Waals surface area contributed by atoms with Gasteiger partial charge >= 0.3 is 0 Å². The van der Waals surface area contributed by atoms with Crippen LogP contribution < -0.4 is 5.32 Å². The molecule has 3 heteroatoms. The molecule has 0 amide bonds. The molecule has 2 aliphatic rings. The van der Waals surface area contributed by atoms with Gasteiger partial charge < -0.3 is 14.6 Å². The third-order valence-corrected chi connectivity index (χ3v) is 4.56. The van der Waals surface area contributed by atoms with E-state index < -0.39 is 0 Å². The van der Waals surface area contributed by atoms with Crippen molar-refractivity contribution in [3.63, 3.8) is 0 Å². The van der Waals surface area contributed by atoms with Gasteiger partial charge in [-0.05, 0) is 42.5 Å².